The summed E-state index contributed by atoms with van der Waals surface area (Å²) in [6.45, 7) is 1.48. The number of halogens is 3. The second-order valence-corrected chi connectivity index (χ2v) is 4.82. The Labute approximate surface area is 115 Å². The van der Waals surface area contributed by atoms with Crippen LogP contribution in [0.1, 0.15) is 40.2 Å². The number of hydrogen-bond acceptors (Lipinski definition) is 3. The fraction of sp³-hybridized carbons (Fsp3) is 0.500. The minimum absolute atomic E-state index is 0.0485. The average molecular weight is 287 g/mol. The number of esters is 1. The molecule has 1 aliphatic heterocycles. The molecule has 1 N–H and O–H groups in total. The Kier molecular flexibility index (Phi) is 4.32. The topological polar surface area (TPSA) is 38.3 Å². The van der Waals surface area contributed by atoms with Crippen LogP contribution in [0.2, 0.25) is 0 Å². The molecule has 0 amide bonds. The second-order valence-electron chi connectivity index (χ2n) is 4.82. The standard InChI is InChI=1S/C14H16F3NO2/c1-20-13(19)11-3-2-10(14(15,16)17)8-12(11)9-4-6-18-7-5-9/h2-3,8-9,18H,4-7H2,1H3. The number of carbonyl (C=O) groups is 1. The molecule has 6 heteroatoms. The van der Waals surface area contributed by atoms with E-state index in [1.54, 1.807) is 0 Å². The molecule has 1 fully saturated rings. The van der Waals surface area contributed by atoms with Crippen LogP contribution >= 0.6 is 0 Å². The molecule has 0 radical (unpaired) electrons. The molecule has 0 atom stereocenters. The molecular weight excluding hydrogens is 271 g/mol. The van der Waals surface area contributed by atoms with Gasteiger partial charge in [-0.3, -0.25) is 0 Å². The Morgan fingerprint density at radius 1 is 1.30 bits per heavy atom. The Morgan fingerprint density at radius 2 is 1.95 bits per heavy atom. The first-order chi connectivity index (χ1) is 9.43. The van der Waals surface area contributed by atoms with Crippen molar-refractivity contribution >= 4 is 5.97 Å². The highest BCUT2D eigenvalue weighted by Crippen LogP contribution is 2.35. The summed E-state index contributed by atoms with van der Waals surface area (Å²) in [5.74, 6) is -0.639. The molecule has 20 heavy (non-hydrogen) atoms. The van der Waals surface area contributed by atoms with Crippen molar-refractivity contribution in [1.29, 1.82) is 0 Å². The van der Waals surface area contributed by atoms with Gasteiger partial charge in [0.15, 0.2) is 0 Å². The molecule has 2 rings (SSSR count). The predicted molar refractivity (Wildman–Crippen MR) is 67.6 cm³/mol. The fourth-order valence-electron chi connectivity index (χ4n) is 2.51. The first-order valence-electron chi connectivity index (χ1n) is 6.43. The van der Waals surface area contributed by atoms with Gasteiger partial charge in [-0.2, -0.15) is 13.2 Å². The molecule has 0 bridgehead atoms. The minimum Gasteiger partial charge on any atom is -0.465 e. The van der Waals surface area contributed by atoms with Crippen molar-refractivity contribution in [2.24, 2.45) is 0 Å². The first-order valence-corrected chi connectivity index (χ1v) is 6.43. The number of benzene rings is 1. The molecule has 110 valence electrons. The third kappa shape index (κ3) is 3.12. The highest BCUT2D eigenvalue weighted by Gasteiger charge is 2.33. The summed E-state index contributed by atoms with van der Waals surface area (Å²) in [7, 11) is 1.23. The SMILES string of the molecule is COC(=O)c1ccc(C(F)(F)F)cc1C1CCNCC1. The Hall–Kier alpha value is -1.56. The molecule has 0 aromatic heterocycles. The zero-order chi connectivity index (χ0) is 14.8. The summed E-state index contributed by atoms with van der Waals surface area (Å²) < 4.78 is 43.1. The van der Waals surface area contributed by atoms with E-state index < -0.39 is 17.7 Å². The van der Waals surface area contributed by atoms with Gasteiger partial charge in [-0.25, -0.2) is 4.79 Å². The summed E-state index contributed by atoms with van der Waals surface area (Å²) in [5, 5.41) is 3.15. The molecule has 1 heterocycles. The number of ether oxygens (including phenoxy) is 1. The Morgan fingerprint density at radius 3 is 2.50 bits per heavy atom. The van der Waals surface area contributed by atoms with Gasteiger partial charge in [0, 0.05) is 0 Å². The lowest BCUT2D eigenvalue weighted by Crippen LogP contribution is -2.27. The van der Waals surface area contributed by atoms with E-state index in [9.17, 15) is 18.0 Å². The van der Waals surface area contributed by atoms with E-state index in [0.29, 0.717) is 18.4 Å². The molecule has 1 saturated heterocycles. The van der Waals surface area contributed by atoms with Crippen LogP contribution in [0.4, 0.5) is 13.2 Å². The maximum absolute atomic E-state index is 12.8. The molecule has 0 aliphatic carbocycles. The van der Waals surface area contributed by atoms with Crippen molar-refractivity contribution < 1.29 is 22.7 Å². The quantitative estimate of drug-likeness (QED) is 0.850. The molecule has 1 aromatic carbocycles. The van der Waals surface area contributed by atoms with Crippen LogP contribution in [0.25, 0.3) is 0 Å². The number of rotatable bonds is 2. The normalized spacial score (nSPS) is 17.0. The maximum Gasteiger partial charge on any atom is 0.416 e. The van der Waals surface area contributed by atoms with Crippen LogP contribution in [0, 0.1) is 0 Å². The van der Waals surface area contributed by atoms with Gasteiger partial charge >= 0.3 is 12.1 Å². The van der Waals surface area contributed by atoms with Gasteiger partial charge in [0.05, 0.1) is 18.2 Å². The van der Waals surface area contributed by atoms with E-state index >= 15 is 0 Å². The van der Waals surface area contributed by atoms with E-state index in [1.807, 2.05) is 0 Å². The van der Waals surface area contributed by atoms with Crippen LogP contribution in [0.5, 0.6) is 0 Å². The zero-order valence-corrected chi connectivity index (χ0v) is 11.1. The lowest BCUT2D eigenvalue weighted by atomic mass is 9.86. The van der Waals surface area contributed by atoms with Crippen LogP contribution < -0.4 is 5.32 Å². The number of piperidine rings is 1. The van der Waals surface area contributed by atoms with Crippen molar-refractivity contribution in [3.05, 3.63) is 34.9 Å². The molecule has 3 nitrogen and oxygen atoms in total. The molecule has 1 aromatic rings. The highest BCUT2D eigenvalue weighted by molar-refractivity contribution is 5.91. The maximum atomic E-state index is 12.8. The van der Waals surface area contributed by atoms with Crippen LogP contribution in [0.3, 0.4) is 0 Å². The Balaban J connectivity index is 2.44. The lowest BCUT2D eigenvalue weighted by Gasteiger charge is -2.25. The van der Waals surface area contributed by atoms with Gasteiger partial charge < -0.3 is 10.1 Å². The summed E-state index contributed by atoms with van der Waals surface area (Å²) in [6, 6.07) is 3.23. The number of methoxy groups -OCH3 is 1. The van der Waals surface area contributed by atoms with Crippen molar-refractivity contribution in [2.45, 2.75) is 24.9 Å². The molecular formula is C14H16F3NO2. The highest BCUT2D eigenvalue weighted by atomic mass is 19.4. The smallest absolute Gasteiger partial charge is 0.416 e. The van der Waals surface area contributed by atoms with Gasteiger partial charge in [0.25, 0.3) is 0 Å². The van der Waals surface area contributed by atoms with E-state index in [1.165, 1.54) is 13.2 Å². The predicted octanol–water partition coefficient (Wildman–Crippen LogP) is 2.96. The van der Waals surface area contributed by atoms with Gasteiger partial charge in [0.2, 0.25) is 0 Å². The van der Waals surface area contributed by atoms with E-state index in [0.717, 1.165) is 25.2 Å². The monoisotopic (exact) mass is 287 g/mol. The molecule has 0 unspecified atom stereocenters. The van der Waals surface area contributed by atoms with Crippen molar-refractivity contribution in [2.75, 3.05) is 20.2 Å². The largest absolute Gasteiger partial charge is 0.465 e. The van der Waals surface area contributed by atoms with Crippen molar-refractivity contribution in [3.63, 3.8) is 0 Å². The van der Waals surface area contributed by atoms with Gasteiger partial charge in [-0.1, -0.05) is 0 Å². The summed E-state index contributed by atoms with van der Waals surface area (Å²) in [4.78, 5) is 11.7. The van der Waals surface area contributed by atoms with Gasteiger partial charge in [0.1, 0.15) is 0 Å². The summed E-state index contributed by atoms with van der Waals surface area (Å²) in [6.07, 6.45) is -2.98. The average Bonchev–Trinajstić information content (AvgIpc) is 2.46. The zero-order valence-electron chi connectivity index (χ0n) is 11.1. The summed E-state index contributed by atoms with van der Waals surface area (Å²) in [5.41, 5.74) is -0.0562. The fourth-order valence-corrected chi connectivity index (χ4v) is 2.51. The van der Waals surface area contributed by atoms with Crippen LogP contribution in [-0.2, 0) is 10.9 Å². The van der Waals surface area contributed by atoms with Gasteiger partial charge in [-0.15, -0.1) is 0 Å². The number of nitrogens with one attached hydrogen (secondary N) is 1. The third-order valence-electron chi connectivity index (χ3n) is 3.56. The minimum atomic E-state index is -4.41. The third-order valence-corrected chi connectivity index (χ3v) is 3.56. The number of carbonyl (C=O) groups excluding carboxylic acids is 1. The second kappa shape index (κ2) is 5.83. The van der Waals surface area contributed by atoms with Crippen molar-refractivity contribution in [1.82, 2.24) is 5.32 Å². The van der Waals surface area contributed by atoms with E-state index in [2.05, 4.69) is 10.1 Å². The lowest BCUT2D eigenvalue weighted by molar-refractivity contribution is -0.137. The van der Waals surface area contributed by atoms with Crippen molar-refractivity contribution in [3.8, 4) is 0 Å². The van der Waals surface area contributed by atoms with Crippen LogP contribution in [0.15, 0.2) is 18.2 Å². The molecule has 1 aliphatic rings. The van der Waals surface area contributed by atoms with Crippen LogP contribution in [-0.4, -0.2) is 26.2 Å². The molecule has 0 saturated carbocycles. The number of alkyl halides is 3. The van der Waals surface area contributed by atoms with E-state index in [-0.39, 0.29) is 11.5 Å². The van der Waals surface area contributed by atoms with Gasteiger partial charge in [-0.05, 0) is 55.6 Å². The summed E-state index contributed by atoms with van der Waals surface area (Å²) >= 11 is 0. The first kappa shape index (κ1) is 14.8. The molecule has 0 spiro atoms. The van der Waals surface area contributed by atoms with E-state index in [4.69, 9.17) is 0 Å². The number of hydrogen-bond donors (Lipinski definition) is 1. The Bertz CT molecular complexity index is 494.